The fourth-order valence-corrected chi connectivity index (χ4v) is 2.06. The summed E-state index contributed by atoms with van der Waals surface area (Å²) >= 11 is 3.24. The van der Waals surface area contributed by atoms with Crippen LogP contribution in [-0.2, 0) is 6.54 Å². The van der Waals surface area contributed by atoms with E-state index in [1.54, 1.807) is 18.2 Å². The Morgan fingerprint density at radius 2 is 2.06 bits per heavy atom. The first-order valence-corrected chi connectivity index (χ1v) is 6.33. The summed E-state index contributed by atoms with van der Waals surface area (Å²) in [5.41, 5.74) is 2.02. The molecule has 0 unspecified atom stereocenters. The van der Waals surface area contributed by atoms with Gasteiger partial charge in [0.25, 0.3) is 0 Å². The smallest absolute Gasteiger partial charge is 0.146 e. The van der Waals surface area contributed by atoms with Crippen molar-refractivity contribution in [2.24, 2.45) is 0 Å². The number of aromatic hydroxyl groups is 1. The van der Waals surface area contributed by atoms with E-state index in [2.05, 4.69) is 21.2 Å². The lowest BCUT2D eigenvalue weighted by atomic mass is 10.2. The number of benzene rings is 2. The quantitative estimate of drug-likeness (QED) is 0.890. The molecule has 0 aromatic heterocycles. The maximum Gasteiger partial charge on any atom is 0.146 e. The monoisotopic (exact) mass is 309 g/mol. The highest BCUT2D eigenvalue weighted by Gasteiger charge is 2.06. The van der Waals surface area contributed by atoms with E-state index in [-0.39, 0.29) is 11.6 Å². The molecule has 0 bridgehead atoms. The Hall–Kier alpha value is -1.55. The van der Waals surface area contributed by atoms with Gasteiger partial charge in [0, 0.05) is 12.1 Å². The zero-order valence-electron chi connectivity index (χ0n) is 9.87. The molecule has 0 amide bonds. The van der Waals surface area contributed by atoms with Crippen molar-refractivity contribution in [3.63, 3.8) is 0 Å². The van der Waals surface area contributed by atoms with Gasteiger partial charge in [-0.05, 0) is 46.6 Å². The van der Waals surface area contributed by atoms with E-state index in [1.807, 2.05) is 19.1 Å². The first kappa shape index (κ1) is 12.9. The van der Waals surface area contributed by atoms with Crippen LogP contribution in [0.3, 0.4) is 0 Å². The predicted molar refractivity (Wildman–Crippen MR) is 74.3 cm³/mol. The van der Waals surface area contributed by atoms with Gasteiger partial charge < -0.3 is 10.4 Å². The molecule has 2 rings (SSSR count). The van der Waals surface area contributed by atoms with E-state index in [0.29, 0.717) is 22.3 Å². The molecule has 2 aromatic rings. The van der Waals surface area contributed by atoms with Crippen LogP contribution >= 0.6 is 15.9 Å². The van der Waals surface area contributed by atoms with Crippen LogP contribution < -0.4 is 5.32 Å². The van der Waals surface area contributed by atoms with Crippen molar-refractivity contribution in [1.82, 2.24) is 0 Å². The van der Waals surface area contributed by atoms with E-state index in [0.717, 1.165) is 5.56 Å². The number of para-hydroxylation sites is 1. The maximum absolute atomic E-state index is 13.6. The van der Waals surface area contributed by atoms with Crippen LogP contribution in [0, 0.1) is 12.7 Å². The van der Waals surface area contributed by atoms with Crippen LogP contribution in [0.1, 0.15) is 11.1 Å². The topological polar surface area (TPSA) is 32.3 Å². The molecule has 0 heterocycles. The number of anilines is 1. The third-order valence-electron chi connectivity index (χ3n) is 2.66. The first-order chi connectivity index (χ1) is 8.58. The second-order valence-corrected chi connectivity index (χ2v) is 4.94. The van der Waals surface area contributed by atoms with Crippen LogP contribution in [0.25, 0.3) is 0 Å². The van der Waals surface area contributed by atoms with E-state index < -0.39 is 0 Å². The van der Waals surface area contributed by atoms with Gasteiger partial charge in [-0.25, -0.2) is 4.39 Å². The second kappa shape index (κ2) is 5.40. The Bertz CT molecular complexity index is 572. The van der Waals surface area contributed by atoms with Gasteiger partial charge in [0.05, 0.1) is 10.2 Å². The molecular formula is C14H13BrFNO. The Balaban J connectivity index is 2.14. The standard InChI is InChI=1S/C14H13BrFNO/c1-9-5-6-13(12(16)7-9)17-8-10-3-2-4-11(15)14(10)18/h2-7,17-18H,8H2,1H3. The minimum atomic E-state index is -0.288. The highest BCUT2D eigenvalue weighted by Crippen LogP contribution is 2.28. The van der Waals surface area contributed by atoms with Gasteiger partial charge in [0.1, 0.15) is 11.6 Å². The van der Waals surface area contributed by atoms with Crippen LogP contribution in [0.5, 0.6) is 5.75 Å². The number of halogens is 2. The average molecular weight is 310 g/mol. The predicted octanol–water partition coefficient (Wildman–Crippen LogP) is 4.21. The molecule has 4 heteroatoms. The van der Waals surface area contributed by atoms with Crippen molar-refractivity contribution in [1.29, 1.82) is 0 Å². The zero-order chi connectivity index (χ0) is 13.1. The summed E-state index contributed by atoms with van der Waals surface area (Å²) in [4.78, 5) is 0. The Labute approximate surface area is 114 Å². The Morgan fingerprint density at radius 3 is 2.78 bits per heavy atom. The fourth-order valence-electron chi connectivity index (χ4n) is 1.66. The number of aryl methyl sites for hydroxylation is 1. The molecule has 0 aliphatic carbocycles. The summed E-state index contributed by atoms with van der Waals surface area (Å²) in [5, 5.41) is 12.8. The summed E-state index contributed by atoms with van der Waals surface area (Å²) < 4.78 is 14.2. The highest BCUT2D eigenvalue weighted by molar-refractivity contribution is 9.10. The molecule has 0 atom stereocenters. The van der Waals surface area contributed by atoms with Gasteiger partial charge in [-0.2, -0.15) is 0 Å². The van der Waals surface area contributed by atoms with Gasteiger partial charge in [0.15, 0.2) is 0 Å². The van der Waals surface area contributed by atoms with E-state index in [4.69, 9.17) is 0 Å². The van der Waals surface area contributed by atoms with Gasteiger partial charge in [-0.1, -0.05) is 18.2 Å². The molecule has 18 heavy (non-hydrogen) atoms. The van der Waals surface area contributed by atoms with E-state index in [9.17, 15) is 9.50 Å². The van der Waals surface area contributed by atoms with E-state index >= 15 is 0 Å². The largest absolute Gasteiger partial charge is 0.506 e. The zero-order valence-corrected chi connectivity index (χ0v) is 11.5. The van der Waals surface area contributed by atoms with Crippen LogP contribution in [-0.4, -0.2) is 5.11 Å². The Kier molecular flexibility index (Phi) is 3.87. The third kappa shape index (κ3) is 2.82. The van der Waals surface area contributed by atoms with Crippen LogP contribution in [0.2, 0.25) is 0 Å². The van der Waals surface area contributed by atoms with Crippen molar-refractivity contribution in [3.05, 3.63) is 57.8 Å². The van der Waals surface area contributed by atoms with Crippen LogP contribution in [0.4, 0.5) is 10.1 Å². The molecule has 0 saturated carbocycles. The molecule has 0 aliphatic rings. The second-order valence-electron chi connectivity index (χ2n) is 4.08. The van der Waals surface area contributed by atoms with Gasteiger partial charge in [-0.15, -0.1) is 0 Å². The van der Waals surface area contributed by atoms with Crippen molar-refractivity contribution in [2.75, 3.05) is 5.32 Å². The molecular weight excluding hydrogens is 297 g/mol. The number of phenols is 1. The van der Waals surface area contributed by atoms with Crippen molar-refractivity contribution < 1.29 is 9.50 Å². The van der Waals surface area contributed by atoms with Gasteiger partial charge in [-0.3, -0.25) is 0 Å². The molecule has 0 fully saturated rings. The SMILES string of the molecule is Cc1ccc(NCc2cccc(Br)c2O)c(F)c1. The number of rotatable bonds is 3. The molecule has 2 aromatic carbocycles. The molecule has 2 N–H and O–H groups in total. The average Bonchev–Trinajstić information content (AvgIpc) is 2.33. The molecule has 0 saturated heterocycles. The number of hydrogen-bond donors (Lipinski definition) is 2. The fraction of sp³-hybridized carbons (Fsp3) is 0.143. The van der Waals surface area contributed by atoms with Crippen molar-refractivity contribution in [2.45, 2.75) is 13.5 Å². The molecule has 0 radical (unpaired) electrons. The van der Waals surface area contributed by atoms with E-state index in [1.165, 1.54) is 6.07 Å². The normalized spacial score (nSPS) is 10.4. The van der Waals surface area contributed by atoms with Gasteiger partial charge in [0.2, 0.25) is 0 Å². The molecule has 0 aliphatic heterocycles. The van der Waals surface area contributed by atoms with Crippen LogP contribution in [0.15, 0.2) is 40.9 Å². The highest BCUT2D eigenvalue weighted by atomic mass is 79.9. The summed E-state index contributed by atoms with van der Waals surface area (Å²) in [6, 6.07) is 10.4. The number of nitrogens with one attached hydrogen (secondary N) is 1. The minimum absolute atomic E-state index is 0.178. The molecule has 2 nitrogen and oxygen atoms in total. The summed E-state index contributed by atoms with van der Waals surface area (Å²) in [5.74, 6) is -0.109. The summed E-state index contributed by atoms with van der Waals surface area (Å²) in [7, 11) is 0. The lowest BCUT2D eigenvalue weighted by Crippen LogP contribution is -2.02. The first-order valence-electron chi connectivity index (χ1n) is 5.54. The van der Waals surface area contributed by atoms with Crippen molar-refractivity contribution >= 4 is 21.6 Å². The third-order valence-corrected chi connectivity index (χ3v) is 3.30. The summed E-state index contributed by atoms with van der Waals surface area (Å²) in [6.45, 7) is 2.21. The number of hydrogen-bond acceptors (Lipinski definition) is 2. The minimum Gasteiger partial charge on any atom is -0.506 e. The van der Waals surface area contributed by atoms with Crippen molar-refractivity contribution in [3.8, 4) is 5.75 Å². The molecule has 0 spiro atoms. The Morgan fingerprint density at radius 1 is 1.28 bits per heavy atom. The summed E-state index contributed by atoms with van der Waals surface area (Å²) in [6.07, 6.45) is 0. The lowest BCUT2D eigenvalue weighted by molar-refractivity contribution is 0.465. The maximum atomic E-state index is 13.6. The van der Waals surface area contributed by atoms with Gasteiger partial charge >= 0.3 is 0 Å². The molecule has 94 valence electrons. The number of phenolic OH excluding ortho intramolecular Hbond substituents is 1. The lowest BCUT2D eigenvalue weighted by Gasteiger charge is -2.10.